The Morgan fingerprint density at radius 1 is 1.39 bits per heavy atom. The zero-order valence-corrected chi connectivity index (χ0v) is 14.1. The minimum atomic E-state index is -0.627. The van der Waals surface area contributed by atoms with Crippen molar-refractivity contribution in [3.05, 3.63) is 22.4 Å². The molecule has 23 heavy (non-hydrogen) atoms. The fraction of sp³-hybridized carbons (Fsp3) is 0.600. The van der Waals surface area contributed by atoms with Crippen LogP contribution in [-0.4, -0.2) is 65.7 Å². The molecule has 0 radical (unpaired) electrons. The fourth-order valence-electron chi connectivity index (χ4n) is 2.74. The maximum atomic E-state index is 12.5. The van der Waals surface area contributed by atoms with E-state index in [1.165, 1.54) is 11.3 Å². The lowest BCUT2D eigenvalue weighted by atomic mass is 10.1. The van der Waals surface area contributed by atoms with Gasteiger partial charge in [0, 0.05) is 37.6 Å². The number of rotatable bonds is 6. The predicted octanol–water partition coefficient (Wildman–Crippen LogP) is 0.373. The average molecular weight is 340 g/mol. The molecule has 2 heterocycles. The van der Waals surface area contributed by atoms with E-state index in [1.807, 2.05) is 22.4 Å². The van der Waals surface area contributed by atoms with Crippen molar-refractivity contribution in [3.8, 4) is 0 Å². The van der Waals surface area contributed by atoms with Crippen LogP contribution in [0.4, 0.5) is 4.79 Å². The number of amides is 3. The van der Waals surface area contributed by atoms with E-state index in [4.69, 9.17) is 5.73 Å². The third-order valence-electron chi connectivity index (χ3n) is 3.83. The minimum Gasteiger partial charge on any atom is -0.392 e. The van der Waals surface area contributed by atoms with Gasteiger partial charge in [-0.15, -0.1) is 11.3 Å². The summed E-state index contributed by atoms with van der Waals surface area (Å²) in [6.45, 7) is 5.17. The van der Waals surface area contributed by atoms with E-state index in [2.05, 4.69) is 10.2 Å². The highest BCUT2D eigenvalue weighted by Gasteiger charge is 2.25. The summed E-state index contributed by atoms with van der Waals surface area (Å²) in [4.78, 5) is 28.5. The number of carbonyl (C=O) groups excluding carboxylic acids is 2. The SMILES string of the molecule is C[C@@H](O)CN1CCN(C(=O)C[C@H](NC(N)=O)c2cccs2)CC1. The number of thiophene rings is 1. The highest BCUT2D eigenvalue weighted by atomic mass is 32.1. The number of hydrogen-bond donors (Lipinski definition) is 3. The van der Waals surface area contributed by atoms with Gasteiger partial charge in [-0.25, -0.2) is 4.79 Å². The zero-order chi connectivity index (χ0) is 16.8. The number of carbonyl (C=O) groups is 2. The van der Waals surface area contributed by atoms with E-state index in [9.17, 15) is 14.7 Å². The quantitative estimate of drug-likeness (QED) is 0.697. The van der Waals surface area contributed by atoms with E-state index < -0.39 is 6.03 Å². The Labute approximate surface area is 140 Å². The van der Waals surface area contributed by atoms with Crippen LogP contribution in [0.25, 0.3) is 0 Å². The first kappa shape index (κ1) is 17.7. The van der Waals surface area contributed by atoms with E-state index in [0.29, 0.717) is 19.6 Å². The second kappa shape index (κ2) is 8.28. The molecule has 1 aromatic rings. The fourth-order valence-corrected chi connectivity index (χ4v) is 3.52. The van der Waals surface area contributed by atoms with Gasteiger partial charge < -0.3 is 21.1 Å². The van der Waals surface area contributed by atoms with Gasteiger partial charge in [-0.2, -0.15) is 0 Å². The Morgan fingerprint density at radius 3 is 2.61 bits per heavy atom. The highest BCUT2D eigenvalue weighted by molar-refractivity contribution is 7.10. The summed E-state index contributed by atoms with van der Waals surface area (Å²) in [6.07, 6.45) is -0.153. The van der Waals surface area contributed by atoms with Gasteiger partial charge >= 0.3 is 6.03 Å². The lowest BCUT2D eigenvalue weighted by Crippen LogP contribution is -2.50. The molecule has 4 N–H and O–H groups in total. The van der Waals surface area contributed by atoms with Gasteiger partial charge in [-0.3, -0.25) is 9.69 Å². The van der Waals surface area contributed by atoms with E-state index in [1.54, 1.807) is 6.92 Å². The summed E-state index contributed by atoms with van der Waals surface area (Å²) in [7, 11) is 0. The van der Waals surface area contributed by atoms with Crippen LogP contribution >= 0.6 is 11.3 Å². The Kier molecular flexibility index (Phi) is 6.37. The smallest absolute Gasteiger partial charge is 0.312 e. The van der Waals surface area contributed by atoms with Crippen molar-refractivity contribution in [3.63, 3.8) is 0 Å². The summed E-state index contributed by atoms with van der Waals surface area (Å²) in [5.41, 5.74) is 5.22. The lowest BCUT2D eigenvalue weighted by molar-refractivity contribution is -0.133. The first-order chi connectivity index (χ1) is 11.0. The Hall–Kier alpha value is -1.64. The Bertz CT molecular complexity index is 513. The summed E-state index contributed by atoms with van der Waals surface area (Å²) < 4.78 is 0. The van der Waals surface area contributed by atoms with Crippen molar-refractivity contribution >= 4 is 23.3 Å². The number of primary amides is 1. The largest absolute Gasteiger partial charge is 0.392 e. The summed E-state index contributed by atoms with van der Waals surface area (Å²) in [5, 5.41) is 14.0. The molecule has 0 saturated carbocycles. The van der Waals surface area contributed by atoms with E-state index >= 15 is 0 Å². The number of β-amino-alcohol motifs (C(OH)–C–C–N with tert-alkyl or cyclic N) is 1. The summed E-state index contributed by atoms with van der Waals surface area (Å²) >= 11 is 1.49. The predicted molar refractivity (Wildman–Crippen MR) is 89.1 cm³/mol. The van der Waals surface area contributed by atoms with E-state index in [0.717, 1.165) is 18.0 Å². The Balaban J connectivity index is 1.88. The molecule has 0 aliphatic carbocycles. The minimum absolute atomic E-state index is 0.00819. The van der Waals surface area contributed by atoms with Gasteiger partial charge in [0.05, 0.1) is 18.6 Å². The van der Waals surface area contributed by atoms with E-state index in [-0.39, 0.29) is 24.5 Å². The van der Waals surface area contributed by atoms with Crippen molar-refractivity contribution in [1.29, 1.82) is 0 Å². The molecule has 1 aromatic heterocycles. The number of nitrogens with one attached hydrogen (secondary N) is 1. The molecule has 3 amide bonds. The number of aliphatic hydroxyl groups excluding tert-OH is 1. The second-order valence-corrected chi connectivity index (χ2v) is 6.79. The molecule has 0 bridgehead atoms. The molecular formula is C15H24N4O3S. The van der Waals surface area contributed by atoms with Crippen molar-refractivity contribution in [1.82, 2.24) is 15.1 Å². The molecule has 1 aliphatic rings. The van der Waals surface area contributed by atoms with Gasteiger partial charge in [0.2, 0.25) is 5.91 Å². The van der Waals surface area contributed by atoms with Gasteiger partial charge in [0.1, 0.15) is 0 Å². The molecule has 0 unspecified atom stereocenters. The number of hydrogen-bond acceptors (Lipinski definition) is 5. The normalized spacial score (nSPS) is 18.4. The molecule has 2 atom stereocenters. The highest BCUT2D eigenvalue weighted by Crippen LogP contribution is 2.23. The number of piperazine rings is 1. The van der Waals surface area contributed by atoms with Crippen LogP contribution in [0.15, 0.2) is 17.5 Å². The van der Waals surface area contributed by atoms with Crippen LogP contribution in [0.5, 0.6) is 0 Å². The number of nitrogens with two attached hydrogens (primary N) is 1. The van der Waals surface area contributed by atoms with Crippen LogP contribution in [0.3, 0.4) is 0 Å². The molecule has 0 spiro atoms. The molecule has 1 saturated heterocycles. The number of nitrogens with zero attached hydrogens (tertiary/aromatic N) is 2. The maximum Gasteiger partial charge on any atom is 0.312 e. The molecule has 7 nitrogen and oxygen atoms in total. The average Bonchev–Trinajstić information content (AvgIpc) is 3.00. The summed E-state index contributed by atoms with van der Waals surface area (Å²) in [5.74, 6) is 0.00819. The number of aliphatic hydroxyl groups is 1. The van der Waals surface area contributed by atoms with Gasteiger partial charge in [0.15, 0.2) is 0 Å². The number of urea groups is 1. The lowest BCUT2D eigenvalue weighted by Gasteiger charge is -2.35. The van der Waals surface area contributed by atoms with Gasteiger partial charge in [0.25, 0.3) is 0 Å². The summed E-state index contributed by atoms with van der Waals surface area (Å²) in [6, 6.07) is 2.77. The molecule has 1 fully saturated rings. The molecular weight excluding hydrogens is 316 g/mol. The van der Waals surface area contributed by atoms with Crippen LogP contribution in [0, 0.1) is 0 Å². The first-order valence-corrected chi connectivity index (χ1v) is 8.61. The van der Waals surface area contributed by atoms with Gasteiger partial charge in [-0.05, 0) is 18.4 Å². The standard InChI is InChI=1S/C15H24N4O3S/c1-11(20)10-18-4-6-19(7-5-18)14(21)9-12(17-15(16)22)13-3-2-8-23-13/h2-3,8,11-12,20H,4-7,9-10H2,1H3,(H3,16,17,22)/t11-,12+/m1/s1. The third-order valence-corrected chi connectivity index (χ3v) is 4.82. The molecule has 8 heteroatoms. The molecule has 128 valence electrons. The monoisotopic (exact) mass is 340 g/mol. The van der Waals surface area contributed by atoms with Crippen molar-refractivity contribution < 1.29 is 14.7 Å². The molecule has 0 aromatic carbocycles. The van der Waals surface area contributed by atoms with Gasteiger partial charge in [-0.1, -0.05) is 6.07 Å². The van der Waals surface area contributed by atoms with Crippen molar-refractivity contribution in [2.24, 2.45) is 5.73 Å². The molecule has 1 aliphatic heterocycles. The Morgan fingerprint density at radius 2 is 2.09 bits per heavy atom. The first-order valence-electron chi connectivity index (χ1n) is 7.73. The molecule has 2 rings (SSSR count). The van der Waals surface area contributed by atoms with Crippen LogP contribution in [0.1, 0.15) is 24.3 Å². The third kappa shape index (κ3) is 5.49. The van der Waals surface area contributed by atoms with Crippen molar-refractivity contribution in [2.75, 3.05) is 32.7 Å². The van der Waals surface area contributed by atoms with Crippen LogP contribution in [0.2, 0.25) is 0 Å². The maximum absolute atomic E-state index is 12.5. The second-order valence-electron chi connectivity index (χ2n) is 5.81. The zero-order valence-electron chi connectivity index (χ0n) is 13.3. The topological polar surface area (TPSA) is 98.9 Å². The van der Waals surface area contributed by atoms with Crippen molar-refractivity contribution in [2.45, 2.75) is 25.5 Å². The van der Waals surface area contributed by atoms with Crippen LogP contribution in [-0.2, 0) is 4.79 Å². The van der Waals surface area contributed by atoms with Crippen LogP contribution < -0.4 is 11.1 Å².